The third-order valence-corrected chi connectivity index (χ3v) is 2.33. The van der Waals surface area contributed by atoms with Crippen molar-refractivity contribution in [2.75, 3.05) is 27.8 Å². The first-order chi connectivity index (χ1) is 6.19. The summed E-state index contributed by atoms with van der Waals surface area (Å²) in [5, 5.41) is 1.96. The quantitative estimate of drug-likeness (QED) is 0.627. The molecule has 0 amide bonds. The molecular formula is C9H20N2O2. The Kier molecular flexibility index (Phi) is 4.12. The molecule has 0 saturated heterocycles. The van der Waals surface area contributed by atoms with E-state index < -0.39 is 0 Å². The summed E-state index contributed by atoms with van der Waals surface area (Å²) in [6, 6.07) is 0.400. The van der Waals surface area contributed by atoms with Crippen molar-refractivity contribution in [2.24, 2.45) is 0 Å². The van der Waals surface area contributed by atoms with E-state index in [4.69, 9.17) is 9.47 Å². The molecule has 3 unspecified atom stereocenters. The lowest BCUT2D eigenvalue weighted by Gasteiger charge is -2.44. The highest BCUT2D eigenvalue weighted by Crippen LogP contribution is 2.26. The maximum Gasteiger partial charge on any atom is 0.1000 e. The van der Waals surface area contributed by atoms with Crippen LogP contribution in [-0.2, 0) is 9.47 Å². The van der Waals surface area contributed by atoms with Crippen LogP contribution in [-0.4, -0.2) is 51.1 Å². The lowest BCUT2D eigenvalue weighted by Crippen LogP contribution is -2.62. The molecule has 4 heteroatoms. The van der Waals surface area contributed by atoms with Crippen LogP contribution in [0.1, 0.15) is 13.3 Å². The Balaban J connectivity index is 2.29. The molecule has 0 spiro atoms. The van der Waals surface area contributed by atoms with E-state index in [9.17, 15) is 0 Å². The van der Waals surface area contributed by atoms with Crippen molar-refractivity contribution in [3.63, 3.8) is 0 Å². The Morgan fingerprint density at radius 3 is 2.62 bits per heavy atom. The Morgan fingerprint density at radius 2 is 2.15 bits per heavy atom. The smallest absolute Gasteiger partial charge is 0.1000 e. The zero-order valence-electron chi connectivity index (χ0n) is 8.91. The maximum atomic E-state index is 5.51. The molecule has 0 bridgehead atoms. The first kappa shape index (κ1) is 10.9. The fourth-order valence-corrected chi connectivity index (χ4v) is 1.73. The minimum atomic E-state index is 0.197. The van der Waals surface area contributed by atoms with E-state index in [2.05, 4.69) is 5.43 Å². The van der Waals surface area contributed by atoms with Crippen molar-refractivity contribution in [1.29, 1.82) is 0 Å². The molecule has 0 radical (unpaired) electrons. The minimum Gasteiger partial charge on any atom is -0.377 e. The fourth-order valence-electron chi connectivity index (χ4n) is 1.73. The molecule has 1 saturated carbocycles. The van der Waals surface area contributed by atoms with Crippen LogP contribution in [0, 0.1) is 0 Å². The second-order valence-electron chi connectivity index (χ2n) is 3.56. The molecule has 13 heavy (non-hydrogen) atoms. The number of rotatable bonds is 5. The van der Waals surface area contributed by atoms with Crippen LogP contribution < -0.4 is 5.43 Å². The molecule has 4 nitrogen and oxygen atoms in total. The Labute approximate surface area is 80.2 Å². The van der Waals surface area contributed by atoms with Gasteiger partial charge in [0.2, 0.25) is 0 Å². The first-order valence-electron chi connectivity index (χ1n) is 4.77. The standard InChI is InChI=1S/C9H20N2O2/c1-5-13-8-6-7(9(8)12-4)10-11(2)3/h7-10H,5-6H2,1-4H3. The van der Waals surface area contributed by atoms with E-state index in [-0.39, 0.29) is 12.2 Å². The highest BCUT2D eigenvalue weighted by molar-refractivity contribution is 4.96. The van der Waals surface area contributed by atoms with Gasteiger partial charge in [0.05, 0.1) is 18.2 Å². The second kappa shape index (κ2) is 4.91. The summed E-state index contributed by atoms with van der Waals surface area (Å²) < 4.78 is 10.9. The first-order valence-corrected chi connectivity index (χ1v) is 4.77. The number of hydrogen-bond donors (Lipinski definition) is 1. The molecule has 0 aromatic heterocycles. The topological polar surface area (TPSA) is 33.7 Å². The lowest BCUT2D eigenvalue weighted by molar-refractivity contribution is -0.141. The van der Waals surface area contributed by atoms with Crippen molar-refractivity contribution in [3.05, 3.63) is 0 Å². The van der Waals surface area contributed by atoms with Crippen LogP contribution in [0.4, 0.5) is 0 Å². The number of hydrogen-bond acceptors (Lipinski definition) is 4. The Morgan fingerprint density at radius 1 is 1.46 bits per heavy atom. The van der Waals surface area contributed by atoms with Gasteiger partial charge < -0.3 is 9.47 Å². The molecule has 78 valence electrons. The van der Waals surface area contributed by atoms with Gasteiger partial charge in [0.25, 0.3) is 0 Å². The van der Waals surface area contributed by atoms with Crippen molar-refractivity contribution < 1.29 is 9.47 Å². The van der Waals surface area contributed by atoms with Crippen LogP contribution in [0.5, 0.6) is 0 Å². The van der Waals surface area contributed by atoms with E-state index in [1.54, 1.807) is 7.11 Å². The number of nitrogens with one attached hydrogen (secondary N) is 1. The molecule has 0 heterocycles. The lowest BCUT2D eigenvalue weighted by atomic mass is 9.85. The molecule has 0 aliphatic heterocycles. The van der Waals surface area contributed by atoms with E-state index in [0.717, 1.165) is 13.0 Å². The van der Waals surface area contributed by atoms with Crippen LogP contribution >= 0.6 is 0 Å². The summed E-state index contributed by atoms with van der Waals surface area (Å²) in [6.45, 7) is 2.78. The Hall–Kier alpha value is -0.160. The number of methoxy groups -OCH3 is 1. The highest BCUT2D eigenvalue weighted by Gasteiger charge is 2.42. The van der Waals surface area contributed by atoms with Crippen molar-refractivity contribution in [1.82, 2.24) is 10.4 Å². The third kappa shape index (κ3) is 2.64. The predicted molar refractivity (Wildman–Crippen MR) is 51.4 cm³/mol. The summed E-state index contributed by atoms with van der Waals surface area (Å²) >= 11 is 0. The molecule has 0 aromatic carbocycles. The SMILES string of the molecule is CCOC1CC(NN(C)C)C1OC. The molecule has 0 aromatic rings. The normalized spacial score (nSPS) is 33.5. The van der Waals surface area contributed by atoms with E-state index in [0.29, 0.717) is 6.04 Å². The monoisotopic (exact) mass is 188 g/mol. The molecule has 1 aliphatic rings. The van der Waals surface area contributed by atoms with Crippen molar-refractivity contribution in [2.45, 2.75) is 31.6 Å². The van der Waals surface area contributed by atoms with E-state index >= 15 is 0 Å². The summed E-state index contributed by atoms with van der Waals surface area (Å²) in [4.78, 5) is 0. The zero-order chi connectivity index (χ0) is 9.84. The highest BCUT2D eigenvalue weighted by atomic mass is 16.5. The predicted octanol–water partition coefficient (Wildman–Crippen LogP) is 0.245. The fraction of sp³-hybridized carbons (Fsp3) is 1.00. The summed E-state index contributed by atoms with van der Waals surface area (Å²) in [6.07, 6.45) is 1.50. The Bertz CT molecular complexity index is 153. The van der Waals surface area contributed by atoms with Gasteiger partial charge in [0.15, 0.2) is 0 Å². The molecule has 3 atom stereocenters. The maximum absolute atomic E-state index is 5.51. The summed E-state index contributed by atoms with van der Waals surface area (Å²) in [5.41, 5.74) is 3.30. The van der Waals surface area contributed by atoms with Gasteiger partial charge in [-0.05, 0) is 13.3 Å². The van der Waals surface area contributed by atoms with Crippen molar-refractivity contribution >= 4 is 0 Å². The molecule has 1 rings (SSSR count). The van der Waals surface area contributed by atoms with Gasteiger partial charge in [-0.25, -0.2) is 5.43 Å². The third-order valence-electron chi connectivity index (χ3n) is 2.33. The van der Waals surface area contributed by atoms with Crippen LogP contribution in [0.3, 0.4) is 0 Å². The number of hydrazine groups is 1. The van der Waals surface area contributed by atoms with Crippen LogP contribution in [0.25, 0.3) is 0 Å². The summed E-state index contributed by atoms with van der Waals surface area (Å²) in [5.74, 6) is 0. The van der Waals surface area contributed by atoms with E-state index in [1.807, 2.05) is 26.0 Å². The van der Waals surface area contributed by atoms with E-state index in [1.165, 1.54) is 0 Å². The summed E-state index contributed by atoms with van der Waals surface area (Å²) in [7, 11) is 5.71. The second-order valence-corrected chi connectivity index (χ2v) is 3.56. The van der Waals surface area contributed by atoms with Gasteiger partial charge >= 0.3 is 0 Å². The van der Waals surface area contributed by atoms with Gasteiger partial charge in [-0.1, -0.05) is 0 Å². The number of nitrogens with zero attached hydrogens (tertiary/aromatic N) is 1. The average Bonchev–Trinajstić information content (AvgIpc) is 2.02. The van der Waals surface area contributed by atoms with Gasteiger partial charge in [-0.15, -0.1) is 0 Å². The van der Waals surface area contributed by atoms with Crippen LogP contribution in [0.15, 0.2) is 0 Å². The van der Waals surface area contributed by atoms with Gasteiger partial charge in [0.1, 0.15) is 0 Å². The molecule has 1 fully saturated rings. The van der Waals surface area contributed by atoms with Gasteiger partial charge in [0, 0.05) is 27.8 Å². The average molecular weight is 188 g/mol. The molecule has 1 N–H and O–H groups in total. The van der Waals surface area contributed by atoms with Gasteiger partial charge in [-0.2, -0.15) is 0 Å². The number of ether oxygens (including phenoxy) is 2. The minimum absolute atomic E-state index is 0.197. The zero-order valence-corrected chi connectivity index (χ0v) is 8.91. The molecular weight excluding hydrogens is 168 g/mol. The largest absolute Gasteiger partial charge is 0.377 e. The molecule has 1 aliphatic carbocycles. The van der Waals surface area contributed by atoms with Gasteiger partial charge in [-0.3, -0.25) is 5.01 Å². The van der Waals surface area contributed by atoms with Crippen LogP contribution in [0.2, 0.25) is 0 Å². The van der Waals surface area contributed by atoms with Crippen molar-refractivity contribution in [3.8, 4) is 0 Å².